The molecule has 0 aromatic rings. The van der Waals surface area contributed by atoms with Crippen LogP contribution in [0.4, 0.5) is 0 Å². The summed E-state index contributed by atoms with van der Waals surface area (Å²) in [6.45, 7) is 0. The molecule has 0 rings (SSSR count). The van der Waals surface area contributed by atoms with Crippen molar-refractivity contribution in [1.82, 2.24) is 0 Å². The summed E-state index contributed by atoms with van der Waals surface area (Å²) < 4.78 is 4.19. The summed E-state index contributed by atoms with van der Waals surface area (Å²) in [6, 6.07) is 0. The Morgan fingerprint density at radius 1 is 1.29 bits per heavy atom. The third kappa shape index (κ3) is 44.2. The van der Waals surface area contributed by atoms with Crippen molar-refractivity contribution in [2.45, 2.75) is 0 Å². The molecular formula is H3BiI2MoOS2. The summed E-state index contributed by atoms with van der Waals surface area (Å²) >= 11 is 3.19. The molecule has 46 valence electrons. The monoisotopic (exact) mass is 644 g/mol. The number of hydrogen-bond acceptors (Lipinski definition) is 3. The van der Waals surface area contributed by atoms with Gasteiger partial charge in [0.25, 0.3) is 0 Å². The van der Waals surface area contributed by atoms with Gasteiger partial charge in [-0.25, -0.2) is 1.40 Å². The fraction of sp³-hybridized carbons (Fsp3) is 0. The van der Waals surface area contributed by atoms with Crippen LogP contribution in [0, 0.1) is 0 Å². The van der Waals surface area contributed by atoms with Crippen LogP contribution in [0.3, 0.4) is 0 Å². The van der Waals surface area contributed by atoms with Gasteiger partial charge in [-0.3, -0.25) is 0 Å². The second kappa shape index (κ2) is 22.7. The standard InChI is InChI=1S/Bi.I2O.Mo.2S.3H/c;1-3-2;;;;;;. The Kier molecular flexibility index (Phi) is 54.6. The fourth-order valence-electron chi connectivity index (χ4n) is 0. The van der Waals surface area contributed by atoms with E-state index in [1.165, 1.54) is 0 Å². The van der Waals surface area contributed by atoms with E-state index >= 15 is 0 Å². The van der Waals surface area contributed by atoms with Gasteiger partial charge in [-0.2, -0.15) is 0 Å². The molecule has 0 N–H and O–H groups in total. The van der Waals surface area contributed by atoms with E-state index in [1.807, 2.05) is 0 Å². The molecule has 0 atom stereocenters. The van der Waals surface area contributed by atoms with Crippen molar-refractivity contribution < 1.29 is 16.3 Å². The predicted molar refractivity (Wildman–Crippen MR) is 54.2 cm³/mol. The van der Waals surface area contributed by atoms with Crippen molar-refractivity contribution in [3.8, 4) is 0 Å². The number of halogens is 2. The molecule has 0 aliphatic heterocycles. The van der Waals surface area contributed by atoms with E-state index in [4.69, 9.17) is 0 Å². The van der Waals surface area contributed by atoms with Crippen LogP contribution < -0.4 is 0 Å². The number of rotatable bonds is 0. The van der Waals surface area contributed by atoms with Gasteiger partial charge in [0.05, 0.1) is 0 Å². The summed E-state index contributed by atoms with van der Waals surface area (Å²) in [7, 11) is 8.68. The second-order valence-corrected chi connectivity index (χ2v) is 6.25. The molecule has 0 spiro atoms. The molecule has 0 heterocycles. The van der Waals surface area contributed by atoms with E-state index in [1.54, 1.807) is 46.0 Å². The van der Waals surface area contributed by atoms with Gasteiger partial charge in [-0.1, -0.05) is 0 Å². The Morgan fingerprint density at radius 3 is 1.29 bits per heavy atom. The molecule has 1 nitrogen and oxygen atoms in total. The van der Waals surface area contributed by atoms with Crippen molar-refractivity contribution in [1.29, 1.82) is 0 Å². The second-order valence-electron chi connectivity index (χ2n) is 0.126. The molecule has 0 bridgehead atoms. The van der Waals surface area contributed by atoms with Crippen molar-refractivity contribution in [2.75, 3.05) is 0 Å². The molecule has 0 saturated carbocycles. The molecule has 0 aliphatic carbocycles. The Morgan fingerprint density at radius 2 is 1.29 bits per heavy atom. The van der Waals surface area contributed by atoms with Gasteiger partial charge in [-0.05, 0) is 0 Å². The van der Waals surface area contributed by atoms with E-state index in [2.05, 4.69) is 21.0 Å². The zero-order chi connectivity index (χ0) is 5.41. The third-order valence-electron chi connectivity index (χ3n) is 0. The van der Waals surface area contributed by atoms with Crippen LogP contribution in [0.2, 0.25) is 0 Å². The topological polar surface area (TPSA) is 9.23 Å². The molecule has 0 unspecified atom stereocenters. The molecule has 0 amide bonds. The SMILES string of the molecule is IOI.[BiH3].[S]=[Mo]=[S]. The molecule has 0 aromatic carbocycles. The minimum absolute atomic E-state index is 0. The van der Waals surface area contributed by atoms with Gasteiger partial charge in [0.15, 0.2) is 0 Å². The summed E-state index contributed by atoms with van der Waals surface area (Å²) in [6.07, 6.45) is 0. The molecule has 0 saturated heterocycles. The third-order valence-corrected chi connectivity index (χ3v) is 0. The molecule has 7 heteroatoms. The first kappa shape index (κ1) is 16.8. The van der Waals surface area contributed by atoms with E-state index in [9.17, 15) is 0 Å². The average molecular weight is 642 g/mol. The van der Waals surface area contributed by atoms with Crippen LogP contribution in [-0.4, -0.2) is 26.2 Å². The van der Waals surface area contributed by atoms with Crippen LogP contribution in [0.1, 0.15) is 0 Å². The molecule has 0 fully saturated rings. The van der Waals surface area contributed by atoms with E-state index < -0.39 is 0 Å². The van der Waals surface area contributed by atoms with E-state index in [-0.39, 0.29) is 41.1 Å². The van der Waals surface area contributed by atoms with Gasteiger partial charge >= 0.3 is 60.8 Å². The van der Waals surface area contributed by atoms with Crippen LogP contribution >= 0.6 is 65.7 Å². The van der Waals surface area contributed by atoms with Crippen LogP contribution in [0.5, 0.6) is 0 Å². The molecule has 0 radical (unpaired) electrons. The molecular weight excluding hydrogens is 639 g/mol. The Hall–Kier alpha value is 3.43. The summed E-state index contributed by atoms with van der Waals surface area (Å²) in [4.78, 5) is 0. The predicted octanol–water partition coefficient (Wildman–Crippen LogP) is 1.81. The van der Waals surface area contributed by atoms with Crippen LogP contribution in [0.25, 0.3) is 0 Å². The zero-order valence-corrected chi connectivity index (χ0v) is 16.5. The Bertz CT molecular complexity index is 45.0. The van der Waals surface area contributed by atoms with Gasteiger partial charge in [0.2, 0.25) is 0 Å². The van der Waals surface area contributed by atoms with Crippen molar-refractivity contribution in [3.63, 3.8) is 0 Å². The van der Waals surface area contributed by atoms with Crippen molar-refractivity contribution in [2.24, 2.45) is 0 Å². The summed E-state index contributed by atoms with van der Waals surface area (Å²) in [5, 5.41) is 0. The zero-order valence-electron chi connectivity index (χ0n) is 3.10. The molecule has 0 aromatic heterocycles. The maximum absolute atomic E-state index is 4.34. The van der Waals surface area contributed by atoms with E-state index in [0.29, 0.717) is 0 Å². The first-order chi connectivity index (χ1) is 2.83. The normalized spacial score (nSPS) is 4.29. The Balaban J connectivity index is -0.0000000400. The molecule has 7 heavy (non-hydrogen) atoms. The van der Waals surface area contributed by atoms with E-state index in [0.717, 1.165) is 0 Å². The van der Waals surface area contributed by atoms with Gasteiger partial charge in [0.1, 0.15) is 46.0 Å². The van der Waals surface area contributed by atoms with Crippen LogP contribution in [0.15, 0.2) is 0 Å². The van der Waals surface area contributed by atoms with Gasteiger partial charge < -0.3 is 0 Å². The first-order valence-corrected chi connectivity index (χ1v) is 7.99. The maximum atomic E-state index is 4.34. The van der Waals surface area contributed by atoms with Crippen molar-refractivity contribution >= 4 is 91.9 Å². The summed E-state index contributed by atoms with van der Waals surface area (Å²) in [5.41, 5.74) is 0. The van der Waals surface area contributed by atoms with Crippen molar-refractivity contribution in [3.05, 3.63) is 0 Å². The van der Waals surface area contributed by atoms with Gasteiger partial charge in [-0.15, -0.1) is 0 Å². The van der Waals surface area contributed by atoms with Gasteiger partial charge in [0, 0.05) is 0 Å². The Labute approximate surface area is 106 Å². The number of hydrogen-bond donors (Lipinski definition) is 0. The minimum atomic E-state index is -0.363. The average Bonchev–Trinajstić information content (AvgIpc) is 1.39. The van der Waals surface area contributed by atoms with Crippen LogP contribution in [-0.2, 0) is 16.3 Å². The molecule has 0 aliphatic rings. The quantitative estimate of drug-likeness (QED) is 0.295. The fourth-order valence-corrected chi connectivity index (χ4v) is 0. The summed E-state index contributed by atoms with van der Waals surface area (Å²) in [5.74, 6) is 0. The first-order valence-electron chi connectivity index (χ1n) is 0.642.